The molecule has 2 rings (SSSR count). The Labute approximate surface area is 119 Å². The standard InChI is InChI=1S/C10H10N4O2S3/c1-6-12-10(18-13-6)14-19(15,16)8-4-2-3-7(5-8)9(11)17/h2-5H,1H3,(H2,11,17)(H,12,13,14). The van der Waals surface area contributed by atoms with Gasteiger partial charge in [-0.2, -0.15) is 4.37 Å². The van der Waals surface area contributed by atoms with E-state index >= 15 is 0 Å². The third-order valence-electron chi connectivity index (χ3n) is 2.18. The van der Waals surface area contributed by atoms with Gasteiger partial charge in [-0.25, -0.2) is 13.4 Å². The van der Waals surface area contributed by atoms with Crippen molar-refractivity contribution in [2.45, 2.75) is 11.8 Å². The molecule has 0 amide bonds. The van der Waals surface area contributed by atoms with Crippen molar-refractivity contribution >= 4 is 43.9 Å². The van der Waals surface area contributed by atoms with Crippen molar-refractivity contribution in [3.8, 4) is 0 Å². The van der Waals surface area contributed by atoms with Crippen molar-refractivity contribution in [1.82, 2.24) is 9.36 Å². The fourth-order valence-electron chi connectivity index (χ4n) is 1.33. The molecule has 1 heterocycles. The molecule has 19 heavy (non-hydrogen) atoms. The number of hydrogen-bond acceptors (Lipinski definition) is 6. The molecular formula is C10H10N4O2S3. The molecule has 100 valence electrons. The highest BCUT2D eigenvalue weighted by Gasteiger charge is 2.17. The van der Waals surface area contributed by atoms with Crippen molar-refractivity contribution < 1.29 is 8.42 Å². The van der Waals surface area contributed by atoms with Crippen LogP contribution in [0.2, 0.25) is 0 Å². The fourth-order valence-corrected chi connectivity index (χ4v) is 3.30. The number of anilines is 1. The molecule has 0 atom stereocenters. The molecule has 0 bridgehead atoms. The first-order valence-electron chi connectivity index (χ1n) is 5.11. The van der Waals surface area contributed by atoms with E-state index in [2.05, 4.69) is 14.1 Å². The number of aryl methyl sites for hydroxylation is 1. The van der Waals surface area contributed by atoms with Gasteiger partial charge in [0.15, 0.2) is 0 Å². The monoisotopic (exact) mass is 314 g/mol. The van der Waals surface area contributed by atoms with Crippen molar-refractivity contribution in [1.29, 1.82) is 0 Å². The van der Waals surface area contributed by atoms with Gasteiger partial charge in [0.25, 0.3) is 10.0 Å². The lowest BCUT2D eigenvalue weighted by Gasteiger charge is -2.06. The molecule has 0 radical (unpaired) electrons. The molecule has 0 saturated carbocycles. The van der Waals surface area contributed by atoms with Gasteiger partial charge in [-0.1, -0.05) is 24.4 Å². The topological polar surface area (TPSA) is 98.0 Å². The SMILES string of the molecule is Cc1nsc(NS(=O)(=O)c2cccc(C(N)=S)c2)n1. The Bertz CT molecular complexity index is 724. The summed E-state index contributed by atoms with van der Waals surface area (Å²) in [7, 11) is -3.71. The second kappa shape index (κ2) is 5.19. The van der Waals surface area contributed by atoms with E-state index in [1.165, 1.54) is 12.1 Å². The van der Waals surface area contributed by atoms with Crippen LogP contribution in [0, 0.1) is 6.92 Å². The molecule has 0 aliphatic rings. The summed E-state index contributed by atoms with van der Waals surface area (Å²) in [6.45, 7) is 1.68. The second-order valence-electron chi connectivity index (χ2n) is 3.64. The summed E-state index contributed by atoms with van der Waals surface area (Å²) in [6.07, 6.45) is 0. The normalized spacial score (nSPS) is 11.2. The largest absolute Gasteiger partial charge is 0.389 e. The highest BCUT2D eigenvalue weighted by Crippen LogP contribution is 2.18. The first kappa shape index (κ1) is 13.8. The zero-order valence-corrected chi connectivity index (χ0v) is 12.3. The first-order chi connectivity index (χ1) is 8.88. The molecular weight excluding hydrogens is 304 g/mol. The summed E-state index contributed by atoms with van der Waals surface area (Å²) in [5.74, 6) is 0.514. The van der Waals surface area contributed by atoms with Gasteiger partial charge in [0.2, 0.25) is 5.13 Å². The summed E-state index contributed by atoms with van der Waals surface area (Å²) in [6, 6.07) is 6.10. The van der Waals surface area contributed by atoms with Crippen LogP contribution in [0.25, 0.3) is 0 Å². The minimum absolute atomic E-state index is 0.0747. The van der Waals surface area contributed by atoms with Crippen LogP contribution in [0.4, 0.5) is 5.13 Å². The Balaban J connectivity index is 2.34. The number of aromatic nitrogens is 2. The van der Waals surface area contributed by atoms with Gasteiger partial charge >= 0.3 is 0 Å². The molecule has 3 N–H and O–H groups in total. The number of nitrogens with two attached hydrogens (primary N) is 1. The Hall–Kier alpha value is -1.58. The molecule has 0 fully saturated rings. The molecule has 1 aromatic heterocycles. The van der Waals surface area contributed by atoms with E-state index in [0.717, 1.165) is 11.5 Å². The lowest BCUT2D eigenvalue weighted by Crippen LogP contribution is -2.15. The summed E-state index contributed by atoms with van der Waals surface area (Å²) in [5.41, 5.74) is 5.97. The minimum Gasteiger partial charge on any atom is -0.389 e. The molecule has 2 aromatic rings. The summed E-state index contributed by atoms with van der Waals surface area (Å²) in [4.78, 5) is 4.16. The number of sulfonamides is 1. The van der Waals surface area contributed by atoms with Gasteiger partial charge in [0.1, 0.15) is 10.8 Å². The molecule has 0 saturated heterocycles. The third-order valence-corrected chi connectivity index (χ3v) is 4.60. The average molecular weight is 314 g/mol. The molecule has 0 spiro atoms. The Morgan fingerprint density at radius 3 is 2.79 bits per heavy atom. The van der Waals surface area contributed by atoms with Crippen LogP contribution in [0.1, 0.15) is 11.4 Å². The van der Waals surface area contributed by atoms with Crippen LogP contribution in [0.15, 0.2) is 29.2 Å². The minimum atomic E-state index is -3.71. The maximum Gasteiger partial charge on any atom is 0.263 e. The van der Waals surface area contributed by atoms with E-state index in [9.17, 15) is 8.42 Å². The average Bonchev–Trinajstić information content (AvgIpc) is 2.74. The quantitative estimate of drug-likeness (QED) is 0.825. The summed E-state index contributed by atoms with van der Waals surface area (Å²) < 4.78 is 30.5. The van der Waals surface area contributed by atoms with Crippen LogP contribution in [0.3, 0.4) is 0 Å². The molecule has 0 aliphatic heterocycles. The van der Waals surface area contributed by atoms with Gasteiger partial charge in [-0.05, 0) is 19.1 Å². The molecule has 0 unspecified atom stereocenters. The Kier molecular flexibility index (Phi) is 3.78. The number of benzene rings is 1. The zero-order valence-electron chi connectivity index (χ0n) is 9.82. The fraction of sp³-hybridized carbons (Fsp3) is 0.100. The van der Waals surface area contributed by atoms with Crippen LogP contribution in [0.5, 0.6) is 0 Å². The van der Waals surface area contributed by atoms with Gasteiger partial charge in [-0.3, -0.25) is 4.72 Å². The Morgan fingerprint density at radius 1 is 1.47 bits per heavy atom. The first-order valence-corrected chi connectivity index (χ1v) is 7.78. The predicted molar refractivity (Wildman–Crippen MR) is 77.8 cm³/mol. The number of nitrogens with zero attached hydrogens (tertiary/aromatic N) is 2. The van der Waals surface area contributed by atoms with Gasteiger partial charge < -0.3 is 5.73 Å². The molecule has 1 aromatic carbocycles. The maximum atomic E-state index is 12.1. The number of thiocarbonyl (C=S) groups is 1. The zero-order chi connectivity index (χ0) is 14.0. The van der Waals surface area contributed by atoms with E-state index < -0.39 is 10.0 Å². The van der Waals surface area contributed by atoms with E-state index in [0.29, 0.717) is 11.4 Å². The van der Waals surface area contributed by atoms with E-state index in [1.54, 1.807) is 19.1 Å². The number of hydrogen-bond donors (Lipinski definition) is 2. The van der Waals surface area contributed by atoms with Crippen molar-refractivity contribution in [2.24, 2.45) is 5.73 Å². The van der Waals surface area contributed by atoms with Crippen molar-refractivity contribution in [3.05, 3.63) is 35.7 Å². The van der Waals surface area contributed by atoms with Crippen molar-refractivity contribution in [3.63, 3.8) is 0 Å². The lowest BCUT2D eigenvalue weighted by molar-refractivity contribution is 0.601. The van der Waals surface area contributed by atoms with Crippen molar-refractivity contribution in [2.75, 3.05) is 4.72 Å². The van der Waals surface area contributed by atoms with Crippen LogP contribution < -0.4 is 10.5 Å². The molecule has 0 aliphatic carbocycles. The van der Waals surface area contributed by atoms with Crippen LogP contribution >= 0.6 is 23.8 Å². The summed E-state index contributed by atoms with van der Waals surface area (Å²) >= 11 is 5.80. The van der Waals surface area contributed by atoms with E-state index in [1.807, 2.05) is 0 Å². The van der Waals surface area contributed by atoms with E-state index in [-0.39, 0.29) is 15.0 Å². The maximum absolute atomic E-state index is 12.1. The molecule has 6 nitrogen and oxygen atoms in total. The van der Waals surface area contributed by atoms with E-state index in [4.69, 9.17) is 18.0 Å². The predicted octanol–water partition coefficient (Wildman–Crippen LogP) is 1.28. The lowest BCUT2D eigenvalue weighted by atomic mass is 10.2. The van der Waals surface area contributed by atoms with Gasteiger partial charge in [0, 0.05) is 17.1 Å². The number of nitrogens with one attached hydrogen (secondary N) is 1. The number of rotatable bonds is 4. The summed E-state index contributed by atoms with van der Waals surface area (Å²) in [5, 5.41) is 0.221. The smallest absolute Gasteiger partial charge is 0.263 e. The van der Waals surface area contributed by atoms with Crippen LogP contribution in [-0.4, -0.2) is 22.8 Å². The Morgan fingerprint density at radius 2 is 2.21 bits per heavy atom. The second-order valence-corrected chi connectivity index (χ2v) is 6.52. The highest BCUT2D eigenvalue weighted by molar-refractivity contribution is 7.93. The van der Waals surface area contributed by atoms with Gasteiger partial charge in [-0.15, -0.1) is 0 Å². The molecule has 9 heteroatoms. The third kappa shape index (κ3) is 3.25. The van der Waals surface area contributed by atoms with Crippen LogP contribution in [-0.2, 0) is 10.0 Å². The van der Waals surface area contributed by atoms with Gasteiger partial charge in [0.05, 0.1) is 4.90 Å². The highest BCUT2D eigenvalue weighted by atomic mass is 32.2.